The molecule has 136 valence electrons. The summed E-state index contributed by atoms with van der Waals surface area (Å²) in [6.07, 6.45) is 4.58. The van der Waals surface area contributed by atoms with Gasteiger partial charge in [-0.1, -0.05) is 25.5 Å². The highest BCUT2D eigenvalue weighted by atomic mass is 16.2. The summed E-state index contributed by atoms with van der Waals surface area (Å²) in [5, 5.41) is 2.97. The molecule has 1 aliphatic heterocycles. The lowest BCUT2D eigenvalue weighted by Gasteiger charge is -2.32. The largest absolute Gasteiger partial charge is 0.356 e. The van der Waals surface area contributed by atoms with E-state index < -0.39 is 0 Å². The topological polar surface area (TPSA) is 70.1 Å². The van der Waals surface area contributed by atoms with Crippen molar-refractivity contribution in [3.8, 4) is 0 Å². The Morgan fingerprint density at radius 1 is 1.28 bits per heavy atom. The Labute approximate surface area is 148 Å². The first-order valence-electron chi connectivity index (χ1n) is 9.37. The Bertz CT molecular complexity index is 756. The number of carbonyl (C=O) groups excluding carboxylic acids is 1. The number of unbranched alkanes of at least 4 members (excludes halogenated alkanes) is 1. The molecule has 2 aromatic rings. The summed E-state index contributed by atoms with van der Waals surface area (Å²) in [6.45, 7) is 5.56. The monoisotopic (exact) mass is 344 g/mol. The van der Waals surface area contributed by atoms with Gasteiger partial charge in [0.15, 0.2) is 0 Å². The highest BCUT2D eigenvalue weighted by Crippen LogP contribution is 2.24. The van der Waals surface area contributed by atoms with Gasteiger partial charge in [0.25, 0.3) is 0 Å². The predicted octanol–water partition coefficient (Wildman–Crippen LogP) is 2.27. The minimum Gasteiger partial charge on any atom is -0.356 e. The zero-order valence-corrected chi connectivity index (χ0v) is 15.0. The van der Waals surface area contributed by atoms with Crippen molar-refractivity contribution in [2.75, 3.05) is 26.2 Å². The molecule has 2 N–H and O–H groups in total. The summed E-state index contributed by atoms with van der Waals surface area (Å²) in [4.78, 5) is 29.4. The summed E-state index contributed by atoms with van der Waals surface area (Å²) < 4.78 is 1.91. The molecule has 0 bridgehead atoms. The molecule has 1 aromatic carbocycles. The van der Waals surface area contributed by atoms with Gasteiger partial charge in [-0.15, -0.1) is 0 Å². The molecule has 0 spiro atoms. The lowest BCUT2D eigenvalue weighted by atomic mass is 10.0. The van der Waals surface area contributed by atoms with Crippen LogP contribution in [-0.4, -0.2) is 46.5 Å². The minimum atomic E-state index is -0.0186. The summed E-state index contributed by atoms with van der Waals surface area (Å²) >= 11 is 0. The number of hydrogen-bond donors (Lipinski definition) is 2. The van der Waals surface area contributed by atoms with Crippen LogP contribution in [0.5, 0.6) is 0 Å². The second kappa shape index (κ2) is 8.34. The van der Waals surface area contributed by atoms with Crippen molar-refractivity contribution in [3.05, 3.63) is 34.7 Å². The van der Waals surface area contributed by atoms with E-state index in [1.54, 1.807) is 0 Å². The number of fused-ring (bicyclic) bond motifs is 1. The number of hydrogen-bond acceptors (Lipinski definition) is 3. The first-order valence-corrected chi connectivity index (χ1v) is 9.37. The van der Waals surface area contributed by atoms with E-state index in [1.807, 2.05) is 28.8 Å². The van der Waals surface area contributed by atoms with Gasteiger partial charge < -0.3 is 15.2 Å². The first kappa shape index (κ1) is 17.7. The van der Waals surface area contributed by atoms with Crippen molar-refractivity contribution in [1.29, 1.82) is 0 Å². The van der Waals surface area contributed by atoms with Gasteiger partial charge in [0.1, 0.15) is 0 Å². The average Bonchev–Trinajstić information content (AvgIpc) is 2.96. The van der Waals surface area contributed by atoms with E-state index in [4.69, 9.17) is 0 Å². The van der Waals surface area contributed by atoms with Gasteiger partial charge in [-0.3, -0.25) is 9.36 Å². The number of H-pyrrole nitrogens is 1. The van der Waals surface area contributed by atoms with E-state index in [9.17, 15) is 9.59 Å². The third-order valence-electron chi connectivity index (χ3n) is 5.05. The number of aromatic amines is 1. The number of likely N-dealkylation sites (tertiary alicyclic amines) is 1. The van der Waals surface area contributed by atoms with E-state index in [-0.39, 0.29) is 17.6 Å². The number of aromatic nitrogens is 2. The van der Waals surface area contributed by atoms with Gasteiger partial charge in [-0.2, -0.15) is 0 Å². The molecule has 0 atom stereocenters. The van der Waals surface area contributed by atoms with E-state index in [2.05, 4.69) is 22.1 Å². The van der Waals surface area contributed by atoms with Crippen LogP contribution >= 0.6 is 0 Å². The molecule has 1 fully saturated rings. The van der Waals surface area contributed by atoms with Crippen LogP contribution in [0, 0.1) is 0 Å². The van der Waals surface area contributed by atoms with Crippen LogP contribution < -0.4 is 11.0 Å². The van der Waals surface area contributed by atoms with E-state index >= 15 is 0 Å². The molecule has 1 aromatic heterocycles. The summed E-state index contributed by atoms with van der Waals surface area (Å²) in [5.41, 5.74) is 1.87. The van der Waals surface area contributed by atoms with Crippen molar-refractivity contribution in [2.45, 2.75) is 45.1 Å². The van der Waals surface area contributed by atoms with Gasteiger partial charge >= 0.3 is 5.69 Å². The van der Waals surface area contributed by atoms with Crippen LogP contribution in [0.15, 0.2) is 29.1 Å². The van der Waals surface area contributed by atoms with Gasteiger partial charge in [0.05, 0.1) is 11.0 Å². The molecule has 1 aliphatic rings. The van der Waals surface area contributed by atoms with Crippen LogP contribution in [0.1, 0.15) is 45.1 Å². The highest BCUT2D eigenvalue weighted by Gasteiger charge is 2.23. The third-order valence-corrected chi connectivity index (χ3v) is 5.05. The fraction of sp³-hybridized carbons (Fsp3) is 0.579. The Morgan fingerprint density at radius 3 is 2.80 bits per heavy atom. The third kappa shape index (κ3) is 4.31. The van der Waals surface area contributed by atoms with Gasteiger partial charge in [-0.25, -0.2) is 4.79 Å². The molecule has 0 unspecified atom stereocenters. The number of rotatable bonds is 7. The normalized spacial score (nSPS) is 16.4. The zero-order valence-electron chi connectivity index (χ0n) is 15.0. The van der Waals surface area contributed by atoms with Crippen molar-refractivity contribution in [1.82, 2.24) is 19.8 Å². The Hall–Kier alpha value is -2.08. The molecule has 2 heterocycles. The number of piperidine rings is 1. The molecule has 0 aliphatic carbocycles. The number of imidazole rings is 1. The lowest BCUT2D eigenvalue weighted by molar-refractivity contribution is -0.121. The first-order chi connectivity index (χ1) is 12.2. The lowest BCUT2D eigenvalue weighted by Crippen LogP contribution is -2.39. The van der Waals surface area contributed by atoms with Crippen molar-refractivity contribution < 1.29 is 4.79 Å². The average molecular weight is 344 g/mol. The molecule has 0 saturated carbocycles. The molecule has 6 heteroatoms. The Balaban J connectivity index is 1.51. The van der Waals surface area contributed by atoms with Crippen molar-refractivity contribution in [2.24, 2.45) is 0 Å². The second-order valence-corrected chi connectivity index (χ2v) is 6.84. The maximum atomic E-state index is 12.3. The van der Waals surface area contributed by atoms with Gasteiger partial charge in [0.2, 0.25) is 5.91 Å². The molecular weight excluding hydrogens is 316 g/mol. The number of amides is 1. The van der Waals surface area contributed by atoms with E-state index in [1.165, 1.54) is 0 Å². The van der Waals surface area contributed by atoms with E-state index in [0.29, 0.717) is 6.42 Å². The Morgan fingerprint density at radius 2 is 2.04 bits per heavy atom. The molecule has 0 radical (unpaired) electrons. The van der Waals surface area contributed by atoms with Gasteiger partial charge in [0, 0.05) is 38.6 Å². The maximum Gasteiger partial charge on any atom is 0.326 e. The van der Waals surface area contributed by atoms with Gasteiger partial charge in [-0.05, 0) is 31.4 Å². The second-order valence-electron chi connectivity index (χ2n) is 6.84. The van der Waals surface area contributed by atoms with Crippen LogP contribution in [0.3, 0.4) is 0 Å². The number of benzene rings is 1. The molecule has 1 amide bonds. The molecule has 6 nitrogen and oxygen atoms in total. The fourth-order valence-electron chi connectivity index (χ4n) is 3.59. The Kier molecular flexibility index (Phi) is 5.91. The molecule has 1 saturated heterocycles. The summed E-state index contributed by atoms with van der Waals surface area (Å²) in [6, 6.07) is 8.09. The van der Waals surface area contributed by atoms with Crippen molar-refractivity contribution >= 4 is 16.9 Å². The van der Waals surface area contributed by atoms with Crippen LogP contribution in [-0.2, 0) is 4.79 Å². The van der Waals surface area contributed by atoms with Crippen LogP contribution in [0.2, 0.25) is 0 Å². The van der Waals surface area contributed by atoms with Crippen LogP contribution in [0.4, 0.5) is 0 Å². The number of carbonyl (C=O) groups is 1. The number of para-hydroxylation sites is 2. The smallest absolute Gasteiger partial charge is 0.326 e. The predicted molar refractivity (Wildman–Crippen MR) is 99.8 cm³/mol. The summed E-state index contributed by atoms with van der Waals surface area (Å²) in [5.74, 6) is 0.142. The molecular formula is C19H28N4O2. The molecule has 25 heavy (non-hydrogen) atoms. The maximum absolute atomic E-state index is 12.3. The van der Waals surface area contributed by atoms with Crippen molar-refractivity contribution in [3.63, 3.8) is 0 Å². The number of nitrogens with one attached hydrogen (secondary N) is 2. The standard InChI is InChI=1S/C19H28N4O2/c1-2-3-11-20-18(24)10-14-22-12-8-15(9-13-22)23-17-7-5-4-6-16(17)21-19(23)25/h4-7,15H,2-3,8-14H2,1H3,(H,20,24)(H,21,25). The molecule has 3 rings (SSSR count). The SMILES string of the molecule is CCCCNC(=O)CCN1CCC(n2c(=O)[nH]c3ccccc32)CC1. The van der Waals surface area contributed by atoms with E-state index in [0.717, 1.165) is 62.9 Å². The fourth-order valence-corrected chi connectivity index (χ4v) is 3.59. The summed E-state index contributed by atoms with van der Waals surface area (Å²) in [7, 11) is 0. The quantitative estimate of drug-likeness (QED) is 0.757. The minimum absolute atomic E-state index is 0.0186. The van der Waals surface area contributed by atoms with Crippen LogP contribution in [0.25, 0.3) is 11.0 Å². The zero-order chi connectivity index (χ0) is 17.6. The highest BCUT2D eigenvalue weighted by molar-refractivity contribution is 5.76. The number of nitrogens with zero attached hydrogens (tertiary/aromatic N) is 2.